The highest BCUT2D eigenvalue weighted by atomic mass is 16.4. The molecule has 202 valence electrons. The lowest BCUT2D eigenvalue weighted by molar-refractivity contribution is -0.128. The lowest BCUT2D eigenvalue weighted by Gasteiger charge is -2.29. The molecule has 0 spiro atoms. The average Bonchev–Trinajstić information content (AvgIpc) is 3.16. The van der Waals surface area contributed by atoms with Gasteiger partial charge in [-0.1, -0.05) is 50.5 Å². The molecule has 1 atom stereocenters. The predicted molar refractivity (Wildman–Crippen MR) is 154 cm³/mol. The molecule has 1 N–H and O–H groups in total. The van der Waals surface area contributed by atoms with Gasteiger partial charge in [-0.3, -0.25) is 4.79 Å². The van der Waals surface area contributed by atoms with Crippen LogP contribution in [0.5, 0.6) is 0 Å². The summed E-state index contributed by atoms with van der Waals surface area (Å²) in [5.74, 6) is 0.199. The van der Waals surface area contributed by atoms with Crippen LogP contribution in [0, 0.1) is 5.92 Å². The Hall–Kier alpha value is -3.28. The number of carboxylic acid groups (broad SMARTS) is 1. The molecular formula is C32H41N3O3. The van der Waals surface area contributed by atoms with Crippen LogP contribution in [0.25, 0.3) is 22.2 Å². The zero-order valence-corrected chi connectivity index (χ0v) is 23.1. The maximum Gasteiger partial charge on any atom is 0.335 e. The van der Waals surface area contributed by atoms with Crippen LogP contribution in [-0.4, -0.2) is 52.6 Å². The van der Waals surface area contributed by atoms with Gasteiger partial charge in [-0.2, -0.15) is 0 Å². The van der Waals surface area contributed by atoms with E-state index < -0.39 is 5.97 Å². The smallest absolute Gasteiger partial charge is 0.335 e. The van der Waals surface area contributed by atoms with Crippen molar-refractivity contribution in [3.63, 3.8) is 0 Å². The fraction of sp³-hybridized carbons (Fsp3) is 0.500. The van der Waals surface area contributed by atoms with E-state index in [9.17, 15) is 14.7 Å². The Balaban J connectivity index is 1.55. The topological polar surface area (TPSA) is 65.8 Å². The second kappa shape index (κ2) is 11.2. The number of aromatic nitrogens is 1. The van der Waals surface area contributed by atoms with Crippen LogP contribution in [0.2, 0.25) is 0 Å². The molecular weight excluding hydrogens is 474 g/mol. The highest BCUT2D eigenvalue weighted by molar-refractivity contribution is 5.99. The van der Waals surface area contributed by atoms with Crippen molar-refractivity contribution < 1.29 is 14.7 Å². The molecule has 1 fully saturated rings. The zero-order valence-electron chi connectivity index (χ0n) is 23.1. The van der Waals surface area contributed by atoms with Gasteiger partial charge in [0.15, 0.2) is 0 Å². The Kier molecular flexibility index (Phi) is 7.78. The normalized spacial score (nSPS) is 16.6. The third-order valence-corrected chi connectivity index (χ3v) is 8.71. The number of hydrogen-bond donors (Lipinski definition) is 1. The molecule has 1 amide bonds. The minimum atomic E-state index is -0.877. The first-order chi connectivity index (χ1) is 18.4. The molecule has 1 aromatic heterocycles. The molecule has 2 aliphatic rings. The second-order valence-electron chi connectivity index (χ2n) is 11.2. The van der Waals surface area contributed by atoms with Gasteiger partial charge in [-0.25, -0.2) is 4.79 Å². The number of nitrogens with zero attached hydrogens (tertiary/aromatic N) is 3. The maximum absolute atomic E-state index is 11.9. The SMILES string of the molecule is CCN(CCC(C)CN1CCn2c(c(C3CCCCC3)c3ccc(C(=O)O)cc32)-c2ccccc21)C(C)=O. The van der Waals surface area contributed by atoms with Crippen molar-refractivity contribution in [1.82, 2.24) is 9.47 Å². The Labute approximate surface area is 226 Å². The van der Waals surface area contributed by atoms with Crippen LogP contribution < -0.4 is 4.90 Å². The molecule has 1 unspecified atom stereocenters. The van der Waals surface area contributed by atoms with Crippen LogP contribution in [0.15, 0.2) is 42.5 Å². The second-order valence-corrected chi connectivity index (χ2v) is 11.2. The van der Waals surface area contributed by atoms with Gasteiger partial charge in [0, 0.05) is 61.8 Å². The monoisotopic (exact) mass is 515 g/mol. The summed E-state index contributed by atoms with van der Waals surface area (Å²) in [6, 6.07) is 14.5. The lowest BCUT2D eigenvalue weighted by atomic mass is 9.81. The van der Waals surface area contributed by atoms with E-state index in [0.29, 0.717) is 17.4 Å². The highest BCUT2D eigenvalue weighted by Gasteiger charge is 2.30. The number of anilines is 1. The molecule has 1 aliphatic carbocycles. The molecule has 0 bridgehead atoms. The van der Waals surface area contributed by atoms with E-state index in [1.807, 2.05) is 17.9 Å². The fourth-order valence-corrected chi connectivity index (χ4v) is 6.70. The van der Waals surface area contributed by atoms with Gasteiger partial charge in [0.25, 0.3) is 0 Å². The summed E-state index contributed by atoms with van der Waals surface area (Å²) < 4.78 is 2.41. The van der Waals surface area contributed by atoms with Crippen LogP contribution in [0.1, 0.15) is 81.1 Å². The first kappa shape index (κ1) is 26.3. The summed E-state index contributed by atoms with van der Waals surface area (Å²) in [5, 5.41) is 11.0. The van der Waals surface area contributed by atoms with Gasteiger partial charge in [0.2, 0.25) is 5.91 Å². The summed E-state index contributed by atoms with van der Waals surface area (Å²) in [5.41, 5.74) is 6.61. The number of benzene rings is 2. The van der Waals surface area contributed by atoms with Crippen molar-refractivity contribution in [2.45, 2.75) is 71.8 Å². The minimum Gasteiger partial charge on any atom is -0.478 e. The molecule has 1 saturated carbocycles. The van der Waals surface area contributed by atoms with E-state index >= 15 is 0 Å². The molecule has 6 nitrogen and oxygen atoms in total. The van der Waals surface area contributed by atoms with E-state index in [4.69, 9.17) is 0 Å². The van der Waals surface area contributed by atoms with Crippen molar-refractivity contribution in [3.05, 3.63) is 53.6 Å². The van der Waals surface area contributed by atoms with Gasteiger partial charge < -0.3 is 19.5 Å². The predicted octanol–water partition coefficient (Wildman–Crippen LogP) is 6.77. The molecule has 2 heterocycles. The first-order valence-electron chi connectivity index (χ1n) is 14.4. The van der Waals surface area contributed by atoms with Crippen LogP contribution in [0.4, 0.5) is 5.69 Å². The summed E-state index contributed by atoms with van der Waals surface area (Å²) >= 11 is 0. The quantitative estimate of drug-likeness (QED) is 0.360. The minimum absolute atomic E-state index is 0.141. The van der Waals surface area contributed by atoms with Gasteiger partial charge in [0.1, 0.15) is 0 Å². The molecule has 38 heavy (non-hydrogen) atoms. The number of fused-ring (bicyclic) bond motifs is 5. The molecule has 3 aromatic rings. The number of para-hydroxylation sites is 1. The summed E-state index contributed by atoms with van der Waals surface area (Å²) in [7, 11) is 0. The zero-order chi connectivity index (χ0) is 26.8. The van der Waals surface area contributed by atoms with Crippen molar-refractivity contribution in [2.24, 2.45) is 5.92 Å². The summed E-state index contributed by atoms with van der Waals surface area (Å²) in [6.45, 7) is 10.1. The third kappa shape index (κ3) is 5.05. The number of hydrogen-bond acceptors (Lipinski definition) is 3. The largest absolute Gasteiger partial charge is 0.478 e. The number of rotatable bonds is 8. The van der Waals surface area contributed by atoms with Crippen LogP contribution in [-0.2, 0) is 11.3 Å². The fourth-order valence-electron chi connectivity index (χ4n) is 6.70. The molecule has 2 aromatic carbocycles. The van der Waals surface area contributed by atoms with Crippen molar-refractivity contribution in [3.8, 4) is 11.3 Å². The van der Waals surface area contributed by atoms with E-state index in [1.54, 1.807) is 13.0 Å². The number of aromatic carboxylic acids is 1. The average molecular weight is 516 g/mol. The van der Waals surface area contributed by atoms with E-state index in [-0.39, 0.29) is 5.91 Å². The van der Waals surface area contributed by atoms with Gasteiger partial charge >= 0.3 is 5.97 Å². The summed E-state index contributed by atoms with van der Waals surface area (Å²) in [4.78, 5) is 28.2. The molecule has 5 rings (SSSR count). The molecule has 0 saturated heterocycles. The Morgan fingerprint density at radius 2 is 1.84 bits per heavy atom. The van der Waals surface area contributed by atoms with E-state index in [1.165, 1.54) is 60.0 Å². The molecule has 1 aliphatic heterocycles. The van der Waals surface area contributed by atoms with Gasteiger partial charge in [-0.15, -0.1) is 0 Å². The van der Waals surface area contributed by atoms with Crippen molar-refractivity contribution in [2.75, 3.05) is 31.1 Å². The maximum atomic E-state index is 11.9. The molecule has 0 radical (unpaired) electrons. The Morgan fingerprint density at radius 1 is 1.08 bits per heavy atom. The lowest BCUT2D eigenvalue weighted by Crippen LogP contribution is -2.34. The number of carbonyl (C=O) groups excluding carboxylic acids is 1. The first-order valence-corrected chi connectivity index (χ1v) is 14.4. The number of carboxylic acids is 1. The van der Waals surface area contributed by atoms with Crippen LogP contribution >= 0.6 is 0 Å². The highest BCUT2D eigenvalue weighted by Crippen LogP contribution is 2.47. The Bertz CT molecular complexity index is 1320. The van der Waals surface area contributed by atoms with Crippen molar-refractivity contribution in [1.29, 1.82) is 0 Å². The van der Waals surface area contributed by atoms with E-state index in [0.717, 1.165) is 44.7 Å². The van der Waals surface area contributed by atoms with Crippen LogP contribution in [0.3, 0.4) is 0 Å². The Morgan fingerprint density at radius 3 is 2.55 bits per heavy atom. The van der Waals surface area contributed by atoms with Gasteiger partial charge in [-0.05, 0) is 61.8 Å². The number of carbonyl (C=O) groups is 2. The van der Waals surface area contributed by atoms with Gasteiger partial charge in [0.05, 0.1) is 11.3 Å². The number of amides is 1. The standard InChI is InChI=1S/C32H41N3O3/c1-4-33(23(3)36)17-16-22(2)21-34-18-19-35-29-20-25(32(37)38)14-15-26(29)30(24-10-6-5-7-11-24)31(35)27-12-8-9-13-28(27)34/h8-9,12-15,20,22,24H,4-7,10-11,16-19,21H2,1-3H3,(H,37,38). The van der Waals surface area contributed by atoms with Crippen molar-refractivity contribution >= 4 is 28.5 Å². The molecule has 6 heteroatoms. The third-order valence-electron chi connectivity index (χ3n) is 8.71. The van der Waals surface area contributed by atoms with E-state index in [2.05, 4.69) is 46.7 Å². The summed E-state index contributed by atoms with van der Waals surface area (Å²) in [6.07, 6.45) is 7.17.